The first-order valence-electron chi connectivity index (χ1n) is 13.1. The molecule has 0 radical (unpaired) electrons. The molecule has 0 saturated carbocycles. The van der Waals surface area contributed by atoms with Crippen LogP contribution in [0.5, 0.6) is 5.75 Å². The summed E-state index contributed by atoms with van der Waals surface area (Å²) in [6.45, 7) is 2.20. The zero-order valence-electron chi connectivity index (χ0n) is 22.9. The fourth-order valence-corrected chi connectivity index (χ4v) is 4.18. The van der Waals surface area contributed by atoms with Crippen LogP contribution in [0.15, 0.2) is 71.5 Å². The largest absolute Gasteiger partial charge is 0.483 e. The first-order chi connectivity index (χ1) is 20.1. The Morgan fingerprint density at radius 1 is 0.905 bits per heavy atom. The van der Waals surface area contributed by atoms with Crippen LogP contribution in [0.1, 0.15) is 20.3 Å². The zero-order valence-corrected chi connectivity index (χ0v) is 22.9. The number of Topliss-reactive ketones (excluding diaryl/α,β-unsaturated/α-hetero) is 1. The van der Waals surface area contributed by atoms with Crippen LogP contribution in [0, 0.1) is 5.92 Å². The van der Waals surface area contributed by atoms with Crippen LogP contribution < -0.4 is 25.8 Å². The number of carboxylic acid groups (broad SMARTS) is 1. The first-order valence-corrected chi connectivity index (χ1v) is 13.1. The molecule has 4 rings (SSSR count). The molecule has 3 aromatic carbocycles. The summed E-state index contributed by atoms with van der Waals surface area (Å²) in [5.41, 5.74) is -0.338. The number of carbonyl (C=O) groups is 4. The van der Waals surface area contributed by atoms with Crippen molar-refractivity contribution in [3.05, 3.63) is 77.1 Å². The SMILES string of the molecule is CC(C)[C@H](NC(=O)COc1cccc2ccccc12)C(=O)N[C@@H](CC(=O)O)C(=O)COn1nnc2ccccc2c1=O. The van der Waals surface area contributed by atoms with Crippen molar-refractivity contribution in [2.24, 2.45) is 5.92 Å². The number of rotatable bonds is 13. The van der Waals surface area contributed by atoms with E-state index in [-0.39, 0.29) is 12.0 Å². The lowest BCUT2D eigenvalue weighted by Crippen LogP contribution is -2.55. The number of nitrogens with one attached hydrogen (secondary N) is 2. The second-order valence-electron chi connectivity index (χ2n) is 9.74. The number of carboxylic acids is 1. The van der Waals surface area contributed by atoms with Crippen LogP contribution in [0.25, 0.3) is 21.7 Å². The predicted octanol–water partition coefficient (Wildman–Crippen LogP) is 1.12. The maximum atomic E-state index is 13.1. The molecule has 1 aromatic heterocycles. The maximum Gasteiger partial charge on any atom is 0.314 e. The minimum atomic E-state index is -1.51. The van der Waals surface area contributed by atoms with Crippen molar-refractivity contribution >= 4 is 45.2 Å². The summed E-state index contributed by atoms with van der Waals surface area (Å²) in [5, 5.41) is 23.7. The maximum absolute atomic E-state index is 13.1. The molecule has 13 nitrogen and oxygen atoms in total. The lowest BCUT2D eigenvalue weighted by molar-refractivity contribution is -0.142. The second-order valence-corrected chi connectivity index (χ2v) is 9.74. The summed E-state index contributed by atoms with van der Waals surface area (Å²) in [6.07, 6.45) is -0.755. The lowest BCUT2D eigenvalue weighted by Gasteiger charge is -2.24. The number of aromatic nitrogens is 3. The van der Waals surface area contributed by atoms with Crippen molar-refractivity contribution in [1.82, 2.24) is 25.8 Å². The van der Waals surface area contributed by atoms with Crippen LogP contribution in [-0.2, 0) is 19.2 Å². The summed E-state index contributed by atoms with van der Waals surface area (Å²) in [5.74, 6) is -3.47. The Morgan fingerprint density at radius 2 is 1.60 bits per heavy atom. The minimum Gasteiger partial charge on any atom is -0.483 e. The van der Waals surface area contributed by atoms with E-state index in [0.29, 0.717) is 16.1 Å². The third-order valence-electron chi connectivity index (χ3n) is 6.33. The summed E-state index contributed by atoms with van der Waals surface area (Å²) >= 11 is 0. The van der Waals surface area contributed by atoms with E-state index in [0.717, 1.165) is 10.8 Å². The number of amides is 2. The van der Waals surface area contributed by atoms with Gasteiger partial charge in [-0.15, -0.1) is 5.10 Å². The van der Waals surface area contributed by atoms with Crippen LogP contribution in [0.2, 0.25) is 0 Å². The first kappa shape index (κ1) is 29.6. The van der Waals surface area contributed by atoms with E-state index in [4.69, 9.17) is 9.57 Å². The van der Waals surface area contributed by atoms with Crippen LogP contribution >= 0.6 is 0 Å². The van der Waals surface area contributed by atoms with Gasteiger partial charge in [0.25, 0.3) is 5.91 Å². The van der Waals surface area contributed by atoms with Crippen LogP contribution in [-0.4, -0.2) is 69.1 Å². The van der Waals surface area contributed by atoms with E-state index in [9.17, 15) is 29.1 Å². The van der Waals surface area contributed by atoms with Gasteiger partial charge in [0.15, 0.2) is 19.0 Å². The second kappa shape index (κ2) is 13.4. The van der Waals surface area contributed by atoms with E-state index in [1.165, 1.54) is 6.07 Å². The number of fused-ring (bicyclic) bond motifs is 2. The Labute approximate surface area is 239 Å². The average Bonchev–Trinajstić information content (AvgIpc) is 2.97. The highest BCUT2D eigenvalue weighted by Crippen LogP contribution is 2.25. The number of benzene rings is 3. The standard InChI is InChI=1S/C29H29N5O8/c1-17(2)27(31-25(36)16-41-24-13-7-9-18-8-3-4-10-19(18)24)28(39)30-22(14-26(37)38)23(35)15-42-34-29(40)20-11-5-6-12-21(20)32-33-34/h3-13,17,22,27H,14-16H2,1-2H3,(H,30,39)(H,31,36)(H,37,38)/t22-,27-/m0/s1. The highest BCUT2D eigenvalue weighted by molar-refractivity contribution is 5.95. The molecular formula is C29H29N5O8. The quantitative estimate of drug-likeness (QED) is 0.209. The molecule has 2 amide bonds. The number of ketones is 1. The van der Waals surface area contributed by atoms with E-state index >= 15 is 0 Å². The molecular weight excluding hydrogens is 546 g/mol. The fourth-order valence-electron chi connectivity index (χ4n) is 4.18. The molecule has 0 unspecified atom stereocenters. The zero-order chi connectivity index (χ0) is 30.2. The Balaban J connectivity index is 1.39. The molecule has 4 aromatic rings. The third-order valence-corrected chi connectivity index (χ3v) is 6.33. The summed E-state index contributed by atoms with van der Waals surface area (Å²) in [6, 6.07) is 16.7. The number of carbonyl (C=O) groups excluding carboxylic acids is 3. The van der Waals surface area contributed by atoms with Gasteiger partial charge in [-0.05, 0) is 39.6 Å². The molecule has 1 heterocycles. The van der Waals surface area contributed by atoms with Gasteiger partial charge in [-0.3, -0.25) is 24.0 Å². The van der Waals surface area contributed by atoms with Crippen molar-refractivity contribution in [2.45, 2.75) is 32.4 Å². The van der Waals surface area contributed by atoms with Gasteiger partial charge < -0.3 is 25.3 Å². The number of aliphatic carboxylic acids is 1. The van der Waals surface area contributed by atoms with Crippen molar-refractivity contribution in [3.63, 3.8) is 0 Å². The minimum absolute atomic E-state index is 0.204. The molecule has 13 heteroatoms. The lowest BCUT2D eigenvalue weighted by atomic mass is 10.0. The van der Waals surface area contributed by atoms with Crippen molar-refractivity contribution in [1.29, 1.82) is 0 Å². The highest BCUT2D eigenvalue weighted by Gasteiger charge is 2.30. The third kappa shape index (κ3) is 7.24. The van der Waals surface area contributed by atoms with Gasteiger partial charge in [-0.25, -0.2) is 0 Å². The number of ether oxygens (including phenoxy) is 1. The molecule has 2 atom stereocenters. The van der Waals surface area contributed by atoms with Gasteiger partial charge in [-0.1, -0.05) is 62.4 Å². The Bertz CT molecular complexity index is 1680. The molecule has 0 saturated heterocycles. The summed E-state index contributed by atoms with van der Waals surface area (Å²) in [4.78, 5) is 68.4. The van der Waals surface area contributed by atoms with Gasteiger partial charge in [0.1, 0.15) is 23.3 Å². The van der Waals surface area contributed by atoms with Crippen LogP contribution in [0.3, 0.4) is 0 Å². The van der Waals surface area contributed by atoms with Crippen molar-refractivity contribution < 1.29 is 33.9 Å². The molecule has 218 valence electrons. The number of hydrogen-bond donors (Lipinski definition) is 3. The molecule has 42 heavy (non-hydrogen) atoms. The van der Waals surface area contributed by atoms with Gasteiger partial charge >= 0.3 is 11.5 Å². The topological polar surface area (TPSA) is 179 Å². The fraction of sp³-hybridized carbons (Fsp3) is 0.276. The number of nitrogens with zero attached hydrogens (tertiary/aromatic N) is 3. The molecule has 0 aliphatic heterocycles. The van der Waals surface area contributed by atoms with Crippen LogP contribution in [0.4, 0.5) is 0 Å². The highest BCUT2D eigenvalue weighted by atomic mass is 16.7. The summed E-state index contributed by atoms with van der Waals surface area (Å²) < 4.78 is 5.69. The monoisotopic (exact) mass is 575 g/mol. The van der Waals surface area contributed by atoms with Gasteiger partial charge in [0, 0.05) is 5.39 Å². The van der Waals surface area contributed by atoms with E-state index in [2.05, 4.69) is 20.9 Å². The van der Waals surface area contributed by atoms with Gasteiger partial charge in [-0.2, -0.15) is 0 Å². The molecule has 0 bridgehead atoms. The van der Waals surface area contributed by atoms with E-state index in [1.807, 2.05) is 30.3 Å². The van der Waals surface area contributed by atoms with Gasteiger partial charge in [0.2, 0.25) is 5.91 Å². The average molecular weight is 576 g/mol. The Kier molecular flexibility index (Phi) is 9.42. The smallest absolute Gasteiger partial charge is 0.314 e. The Hall–Kier alpha value is -5.33. The van der Waals surface area contributed by atoms with Crippen molar-refractivity contribution in [3.8, 4) is 5.75 Å². The molecule has 0 aliphatic rings. The summed E-state index contributed by atoms with van der Waals surface area (Å²) in [7, 11) is 0. The number of hydrogen-bond acceptors (Lipinski definition) is 9. The molecule has 0 fully saturated rings. The molecule has 0 spiro atoms. The Morgan fingerprint density at radius 3 is 2.33 bits per heavy atom. The predicted molar refractivity (Wildman–Crippen MR) is 151 cm³/mol. The normalized spacial score (nSPS) is 12.5. The van der Waals surface area contributed by atoms with E-state index in [1.54, 1.807) is 44.2 Å². The van der Waals surface area contributed by atoms with Crippen molar-refractivity contribution in [2.75, 3.05) is 13.2 Å². The van der Waals surface area contributed by atoms with E-state index < -0.39 is 60.2 Å². The molecule has 0 aliphatic carbocycles. The molecule has 3 N–H and O–H groups in total. The van der Waals surface area contributed by atoms with Gasteiger partial charge in [0.05, 0.1) is 11.8 Å².